The van der Waals surface area contributed by atoms with E-state index in [1.165, 1.54) is 31.3 Å². The van der Waals surface area contributed by atoms with Gasteiger partial charge in [-0.25, -0.2) is 0 Å². The lowest BCUT2D eigenvalue weighted by atomic mass is 9.62. The number of hydrogen-bond acceptors (Lipinski definition) is 0. The van der Waals surface area contributed by atoms with Gasteiger partial charge < -0.3 is 0 Å². The summed E-state index contributed by atoms with van der Waals surface area (Å²) in [6, 6.07) is 0. The van der Waals surface area contributed by atoms with Crippen LogP contribution in [0.2, 0.25) is 0 Å². The second-order valence-corrected chi connectivity index (χ2v) is 4.93. The van der Waals surface area contributed by atoms with Gasteiger partial charge in [-0.15, -0.1) is 0 Å². The van der Waals surface area contributed by atoms with Gasteiger partial charge in [-0.05, 0) is 44.4 Å². The van der Waals surface area contributed by atoms with Crippen molar-refractivity contribution in [3.63, 3.8) is 0 Å². The number of rotatable bonds is 3. The van der Waals surface area contributed by atoms with Crippen LogP contribution in [0.15, 0.2) is 11.6 Å². The Bertz CT molecular complexity index is 168. The van der Waals surface area contributed by atoms with E-state index in [0.717, 1.165) is 5.92 Å². The Morgan fingerprint density at radius 2 is 2.00 bits per heavy atom. The monoisotopic (exact) mass is 166 g/mol. The Morgan fingerprint density at radius 3 is 2.33 bits per heavy atom. The first-order valence-corrected chi connectivity index (χ1v) is 5.18. The molecule has 1 rings (SSSR count). The van der Waals surface area contributed by atoms with E-state index < -0.39 is 0 Å². The van der Waals surface area contributed by atoms with E-state index in [9.17, 15) is 0 Å². The van der Waals surface area contributed by atoms with Crippen molar-refractivity contribution < 1.29 is 0 Å². The lowest BCUT2D eigenvalue weighted by Gasteiger charge is -2.43. The molecular formula is C12H22. The van der Waals surface area contributed by atoms with E-state index in [2.05, 4.69) is 33.8 Å². The highest BCUT2D eigenvalue weighted by Gasteiger charge is 2.36. The fourth-order valence-electron chi connectivity index (χ4n) is 1.92. The molecule has 0 spiro atoms. The van der Waals surface area contributed by atoms with E-state index in [4.69, 9.17) is 0 Å². The third kappa shape index (κ3) is 2.12. The Balaban J connectivity index is 2.37. The Labute approximate surface area is 77.1 Å². The first kappa shape index (κ1) is 9.83. The molecule has 0 aromatic carbocycles. The van der Waals surface area contributed by atoms with E-state index in [1.54, 1.807) is 0 Å². The van der Waals surface area contributed by atoms with Gasteiger partial charge in [0, 0.05) is 0 Å². The van der Waals surface area contributed by atoms with Gasteiger partial charge in [-0.3, -0.25) is 0 Å². The van der Waals surface area contributed by atoms with Crippen molar-refractivity contribution in [2.45, 2.75) is 53.4 Å². The zero-order valence-electron chi connectivity index (χ0n) is 8.98. The first-order valence-electron chi connectivity index (χ1n) is 5.18. The van der Waals surface area contributed by atoms with Crippen molar-refractivity contribution in [1.29, 1.82) is 0 Å². The summed E-state index contributed by atoms with van der Waals surface area (Å²) in [5.74, 6) is 0.876. The van der Waals surface area contributed by atoms with Crippen LogP contribution in [-0.2, 0) is 0 Å². The first-order chi connectivity index (χ1) is 5.54. The molecule has 0 nitrogen and oxygen atoms in total. The van der Waals surface area contributed by atoms with Crippen molar-refractivity contribution in [3.05, 3.63) is 11.6 Å². The average molecular weight is 166 g/mol. The van der Waals surface area contributed by atoms with Crippen molar-refractivity contribution in [3.8, 4) is 0 Å². The van der Waals surface area contributed by atoms with Crippen molar-refractivity contribution in [2.75, 3.05) is 0 Å². The summed E-state index contributed by atoms with van der Waals surface area (Å²) in [6.45, 7) is 9.23. The van der Waals surface area contributed by atoms with Crippen LogP contribution in [0, 0.1) is 11.3 Å². The highest BCUT2D eigenvalue weighted by molar-refractivity contribution is 4.97. The topological polar surface area (TPSA) is 0 Å². The minimum Gasteiger partial charge on any atom is -0.0856 e. The highest BCUT2D eigenvalue weighted by atomic mass is 14.4. The standard InChI is InChI=1S/C12H22/c1-10(2)6-7-11(3)12(4)8-5-9-12/h6,11H,5,7-9H2,1-4H3. The van der Waals surface area contributed by atoms with Gasteiger partial charge in [-0.2, -0.15) is 0 Å². The fourth-order valence-corrected chi connectivity index (χ4v) is 1.92. The predicted molar refractivity (Wildman–Crippen MR) is 55.2 cm³/mol. The maximum Gasteiger partial charge on any atom is -0.0297 e. The van der Waals surface area contributed by atoms with Gasteiger partial charge in [0.2, 0.25) is 0 Å². The molecule has 0 bridgehead atoms. The second kappa shape index (κ2) is 3.64. The zero-order valence-corrected chi connectivity index (χ0v) is 8.98. The van der Waals surface area contributed by atoms with Crippen LogP contribution >= 0.6 is 0 Å². The Morgan fingerprint density at radius 1 is 1.42 bits per heavy atom. The van der Waals surface area contributed by atoms with Crippen LogP contribution in [0.4, 0.5) is 0 Å². The van der Waals surface area contributed by atoms with Crippen LogP contribution in [0.1, 0.15) is 53.4 Å². The Hall–Kier alpha value is -0.260. The summed E-state index contributed by atoms with van der Waals surface area (Å²) in [6.07, 6.45) is 8.01. The molecule has 0 N–H and O–H groups in total. The van der Waals surface area contributed by atoms with Crippen LogP contribution in [-0.4, -0.2) is 0 Å². The average Bonchev–Trinajstić information content (AvgIpc) is 1.95. The summed E-state index contributed by atoms with van der Waals surface area (Å²) >= 11 is 0. The van der Waals surface area contributed by atoms with Crippen molar-refractivity contribution in [1.82, 2.24) is 0 Å². The van der Waals surface area contributed by atoms with Crippen molar-refractivity contribution >= 4 is 0 Å². The molecule has 0 heterocycles. The van der Waals surface area contributed by atoms with E-state index in [0.29, 0.717) is 5.41 Å². The third-order valence-electron chi connectivity index (χ3n) is 3.57. The van der Waals surface area contributed by atoms with Crippen LogP contribution < -0.4 is 0 Å². The minimum absolute atomic E-state index is 0.673. The van der Waals surface area contributed by atoms with Gasteiger partial charge >= 0.3 is 0 Å². The number of allylic oxidation sites excluding steroid dienone is 2. The third-order valence-corrected chi connectivity index (χ3v) is 3.57. The minimum atomic E-state index is 0.673. The molecule has 0 saturated heterocycles. The van der Waals surface area contributed by atoms with Gasteiger partial charge in [0.15, 0.2) is 0 Å². The van der Waals surface area contributed by atoms with Gasteiger partial charge in [0.05, 0.1) is 0 Å². The molecule has 0 aromatic heterocycles. The summed E-state index contributed by atoms with van der Waals surface area (Å²) in [4.78, 5) is 0. The maximum atomic E-state index is 2.44. The lowest BCUT2D eigenvalue weighted by molar-refractivity contribution is 0.0838. The van der Waals surface area contributed by atoms with Crippen LogP contribution in [0.5, 0.6) is 0 Å². The summed E-state index contributed by atoms with van der Waals surface area (Å²) in [5, 5.41) is 0. The van der Waals surface area contributed by atoms with E-state index in [-0.39, 0.29) is 0 Å². The normalized spacial score (nSPS) is 22.7. The SMILES string of the molecule is CC(C)=CCC(C)C1(C)CCC1. The quantitative estimate of drug-likeness (QED) is 0.552. The fraction of sp³-hybridized carbons (Fsp3) is 0.833. The Kier molecular flexibility index (Phi) is 2.98. The zero-order chi connectivity index (χ0) is 9.19. The largest absolute Gasteiger partial charge is 0.0856 e. The van der Waals surface area contributed by atoms with E-state index >= 15 is 0 Å². The highest BCUT2D eigenvalue weighted by Crippen LogP contribution is 2.47. The smallest absolute Gasteiger partial charge is 0.0297 e. The molecule has 1 saturated carbocycles. The summed E-state index contributed by atoms with van der Waals surface area (Å²) < 4.78 is 0. The summed E-state index contributed by atoms with van der Waals surface area (Å²) in [5.41, 5.74) is 2.14. The molecule has 12 heavy (non-hydrogen) atoms. The van der Waals surface area contributed by atoms with E-state index in [1.807, 2.05) is 0 Å². The molecule has 0 heteroatoms. The summed E-state index contributed by atoms with van der Waals surface area (Å²) in [7, 11) is 0. The number of hydrogen-bond donors (Lipinski definition) is 0. The molecule has 1 aliphatic carbocycles. The molecule has 1 atom stereocenters. The van der Waals surface area contributed by atoms with Crippen LogP contribution in [0.3, 0.4) is 0 Å². The predicted octanol–water partition coefficient (Wildman–Crippen LogP) is 4.17. The maximum absolute atomic E-state index is 2.44. The van der Waals surface area contributed by atoms with Gasteiger partial charge in [0.25, 0.3) is 0 Å². The molecule has 1 unspecified atom stereocenters. The lowest BCUT2D eigenvalue weighted by Crippen LogP contribution is -2.32. The molecule has 0 aliphatic heterocycles. The molecular weight excluding hydrogens is 144 g/mol. The molecule has 0 aromatic rings. The van der Waals surface area contributed by atoms with Crippen LogP contribution in [0.25, 0.3) is 0 Å². The molecule has 1 aliphatic rings. The second-order valence-electron chi connectivity index (χ2n) is 4.93. The van der Waals surface area contributed by atoms with Gasteiger partial charge in [0.1, 0.15) is 0 Å². The molecule has 0 radical (unpaired) electrons. The molecule has 70 valence electrons. The molecule has 1 fully saturated rings. The van der Waals surface area contributed by atoms with Crippen molar-refractivity contribution in [2.24, 2.45) is 11.3 Å². The molecule has 0 amide bonds. The van der Waals surface area contributed by atoms with Gasteiger partial charge in [-0.1, -0.05) is 31.9 Å².